The number of carbonyl (C=O) groups is 2. The zero-order valence-electron chi connectivity index (χ0n) is 14.3. The molecule has 2 heterocycles. The molecule has 23 heavy (non-hydrogen) atoms. The average Bonchev–Trinajstić information content (AvgIpc) is 2.84. The van der Waals surface area contributed by atoms with Crippen molar-refractivity contribution in [3.05, 3.63) is 6.33 Å². The zero-order valence-corrected chi connectivity index (χ0v) is 14.3. The molecule has 0 fully saturated rings. The third-order valence-corrected chi connectivity index (χ3v) is 3.15. The second-order valence-corrected chi connectivity index (χ2v) is 7.46. The van der Waals surface area contributed by atoms with Crippen molar-refractivity contribution in [3.63, 3.8) is 0 Å². The summed E-state index contributed by atoms with van der Waals surface area (Å²) >= 11 is 0. The first-order chi connectivity index (χ1) is 10.5. The summed E-state index contributed by atoms with van der Waals surface area (Å²) in [5.74, 6) is 0.0681. The lowest BCUT2D eigenvalue weighted by molar-refractivity contribution is -0.347. The summed E-state index contributed by atoms with van der Waals surface area (Å²) in [7, 11) is 0. The zero-order chi connectivity index (χ0) is 17.4. The first-order valence-corrected chi connectivity index (χ1v) is 7.38. The molecule has 0 bridgehead atoms. The van der Waals surface area contributed by atoms with Crippen molar-refractivity contribution in [2.75, 3.05) is 10.6 Å². The van der Waals surface area contributed by atoms with Crippen molar-refractivity contribution < 1.29 is 14.6 Å². The molecule has 2 aromatic rings. The van der Waals surface area contributed by atoms with Crippen LogP contribution in [0.4, 0.5) is 11.8 Å². The molecule has 4 N–H and O–H groups in total. The Bertz CT molecular complexity index is 751. The van der Waals surface area contributed by atoms with E-state index in [0.29, 0.717) is 17.0 Å². The monoisotopic (exact) mass is 319 g/mol. The van der Waals surface area contributed by atoms with Crippen LogP contribution in [-0.2, 0) is 9.59 Å². The summed E-state index contributed by atoms with van der Waals surface area (Å²) in [5, 5.41) is 5.44. The molecule has 0 aliphatic heterocycles. The van der Waals surface area contributed by atoms with Gasteiger partial charge in [0, 0.05) is 10.8 Å². The van der Waals surface area contributed by atoms with Crippen molar-refractivity contribution in [2.24, 2.45) is 10.8 Å². The van der Waals surface area contributed by atoms with Crippen molar-refractivity contribution in [1.82, 2.24) is 15.0 Å². The molecule has 8 nitrogen and oxygen atoms in total. The van der Waals surface area contributed by atoms with Gasteiger partial charge in [0.05, 0.1) is 0 Å². The maximum atomic E-state index is 12.2. The Morgan fingerprint density at radius 1 is 1.00 bits per heavy atom. The number of nitrogens with zero attached hydrogens (tertiary/aromatic N) is 2. The summed E-state index contributed by atoms with van der Waals surface area (Å²) in [6, 6.07) is 0. The molecule has 2 aromatic heterocycles. The van der Waals surface area contributed by atoms with Gasteiger partial charge in [0.15, 0.2) is 12.1 Å². The predicted octanol–water partition coefficient (Wildman–Crippen LogP) is 1.74. The minimum Gasteiger partial charge on any atom is -0.307 e. The SMILES string of the molecule is CC(C)(C)C(=O)Nc1nc(NC(=O)C(C)(C)C)c2[nH]c[nH+]c2n1. The molecule has 8 heteroatoms. The maximum absolute atomic E-state index is 12.2. The first-order valence-electron chi connectivity index (χ1n) is 7.38. The molecule has 0 saturated carbocycles. The van der Waals surface area contributed by atoms with E-state index in [9.17, 15) is 9.59 Å². The lowest BCUT2D eigenvalue weighted by Gasteiger charge is -2.18. The van der Waals surface area contributed by atoms with E-state index in [1.165, 1.54) is 0 Å². The Labute approximate surface area is 134 Å². The smallest absolute Gasteiger partial charge is 0.307 e. The largest absolute Gasteiger partial charge is 0.309 e. The van der Waals surface area contributed by atoms with Gasteiger partial charge >= 0.3 is 11.6 Å². The highest BCUT2D eigenvalue weighted by Crippen LogP contribution is 2.22. The normalized spacial score (nSPS) is 12.3. The number of hydrogen-bond donors (Lipinski definition) is 3. The number of nitrogens with one attached hydrogen (secondary N) is 4. The molecule has 0 aliphatic carbocycles. The Kier molecular flexibility index (Phi) is 4.10. The number of imidazole rings is 1. The van der Waals surface area contributed by atoms with Crippen molar-refractivity contribution in [1.29, 1.82) is 0 Å². The molecule has 0 atom stereocenters. The molecular formula is C15H23N6O2+. The quantitative estimate of drug-likeness (QED) is 0.782. The van der Waals surface area contributed by atoms with Gasteiger partial charge in [-0.2, -0.15) is 4.98 Å². The van der Waals surface area contributed by atoms with E-state index < -0.39 is 10.8 Å². The number of fused-ring (bicyclic) bond motifs is 1. The highest BCUT2D eigenvalue weighted by atomic mass is 16.2. The van der Waals surface area contributed by atoms with Crippen molar-refractivity contribution in [2.45, 2.75) is 41.5 Å². The van der Waals surface area contributed by atoms with E-state index in [-0.39, 0.29) is 17.8 Å². The van der Waals surface area contributed by atoms with Gasteiger partial charge in [-0.05, 0) is 0 Å². The average molecular weight is 319 g/mol. The Morgan fingerprint density at radius 2 is 1.57 bits per heavy atom. The topological polar surface area (TPSA) is 114 Å². The summed E-state index contributed by atoms with van der Waals surface area (Å²) in [4.78, 5) is 38.7. The second-order valence-electron chi connectivity index (χ2n) is 7.46. The van der Waals surface area contributed by atoms with Gasteiger partial charge in [0.2, 0.25) is 17.3 Å². The molecule has 0 spiro atoms. The Balaban J connectivity index is 2.38. The maximum Gasteiger partial charge on any atom is 0.309 e. The van der Waals surface area contributed by atoms with Gasteiger partial charge in [-0.15, -0.1) is 0 Å². The number of aromatic nitrogens is 4. The van der Waals surface area contributed by atoms with Crippen LogP contribution in [0, 0.1) is 10.8 Å². The number of H-pyrrole nitrogens is 2. The molecule has 0 unspecified atom stereocenters. The van der Waals surface area contributed by atoms with E-state index in [4.69, 9.17) is 0 Å². The number of amides is 2. The van der Waals surface area contributed by atoms with Crippen LogP contribution in [0.1, 0.15) is 41.5 Å². The molecular weight excluding hydrogens is 296 g/mol. The standard InChI is InChI=1S/C15H22N6O2/c1-14(2,3)11(22)18-10-8-9(17-7-16-8)19-13(20-10)21-12(23)15(4,5)6/h7H,1-6H3,(H3,16,17,18,19,20,21,22,23)/p+1. The minimum absolute atomic E-state index is 0.137. The summed E-state index contributed by atoms with van der Waals surface area (Å²) in [6.45, 7) is 10.8. The van der Waals surface area contributed by atoms with Crippen molar-refractivity contribution in [3.8, 4) is 0 Å². The van der Waals surface area contributed by atoms with Gasteiger partial charge in [0.1, 0.15) is 0 Å². The van der Waals surface area contributed by atoms with Crippen LogP contribution in [0.15, 0.2) is 6.33 Å². The fourth-order valence-corrected chi connectivity index (χ4v) is 1.61. The summed E-state index contributed by atoms with van der Waals surface area (Å²) < 4.78 is 0. The highest BCUT2D eigenvalue weighted by Gasteiger charge is 2.27. The van der Waals surface area contributed by atoms with Gasteiger partial charge in [-0.3, -0.25) is 19.9 Å². The molecule has 2 rings (SSSR count). The van der Waals surface area contributed by atoms with E-state index >= 15 is 0 Å². The number of carbonyl (C=O) groups excluding carboxylic acids is 2. The number of anilines is 2. The number of rotatable bonds is 2. The van der Waals surface area contributed by atoms with Crippen LogP contribution in [0.2, 0.25) is 0 Å². The molecule has 0 radical (unpaired) electrons. The third kappa shape index (κ3) is 3.82. The van der Waals surface area contributed by atoms with E-state index in [2.05, 4.69) is 30.6 Å². The fourth-order valence-electron chi connectivity index (χ4n) is 1.61. The molecule has 0 aliphatic rings. The van der Waals surface area contributed by atoms with Gasteiger partial charge in [0.25, 0.3) is 0 Å². The number of aromatic amines is 2. The van der Waals surface area contributed by atoms with Crippen LogP contribution < -0.4 is 15.6 Å². The molecule has 0 saturated heterocycles. The molecule has 0 aromatic carbocycles. The summed E-state index contributed by atoms with van der Waals surface area (Å²) in [6.07, 6.45) is 1.58. The Hall–Kier alpha value is -2.51. The first kappa shape index (κ1) is 16.9. The number of hydrogen-bond acceptors (Lipinski definition) is 4. The van der Waals surface area contributed by atoms with Gasteiger partial charge in [-0.1, -0.05) is 46.5 Å². The second kappa shape index (κ2) is 5.60. The van der Waals surface area contributed by atoms with Gasteiger partial charge in [-0.25, -0.2) is 4.98 Å². The molecule has 124 valence electrons. The van der Waals surface area contributed by atoms with Crippen LogP contribution in [0.25, 0.3) is 11.2 Å². The molecule has 2 amide bonds. The van der Waals surface area contributed by atoms with E-state index in [0.717, 1.165) is 0 Å². The van der Waals surface area contributed by atoms with Crippen molar-refractivity contribution >= 4 is 34.7 Å². The van der Waals surface area contributed by atoms with E-state index in [1.807, 2.05) is 20.8 Å². The van der Waals surface area contributed by atoms with Crippen LogP contribution >= 0.6 is 0 Å². The lowest BCUT2D eigenvalue weighted by Crippen LogP contribution is -2.30. The summed E-state index contributed by atoms with van der Waals surface area (Å²) in [5.41, 5.74) is -0.0815. The lowest BCUT2D eigenvalue weighted by atomic mass is 9.96. The van der Waals surface area contributed by atoms with E-state index in [1.54, 1.807) is 27.1 Å². The van der Waals surface area contributed by atoms with Crippen LogP contribution in [0.3, 0.4) is 0 Å². The highest BCUT2D eigenvalue weighted by molar-refractivity contribution is 6.00. The minimum atomic E-state index is -0.574. The predicted molar refractivity (Wildman–Crippen MR) is 86.6 cm³/mol. The fraction of sp³-hybridized carbons (Fsp3) is 0.533. The van der Waals surface area contributed by atoms with Crippen LogP contribution in [-0.4, -0.2) is 26.8 Å². The Morgan fingerprint density at radius 3 is 2.13 bits per heavy atom. The van der Waals surface area contributed by atoms with Gasteiger partial charge < -0.3 is 5.32 Å². The third-order valence-electron chi connectivity index (χ3n) is 3.15. The van der Waals surface area contributed by atoms with Crippen LogP contribution in [0.5, 0.6) is 0 Å².